The molecule has 1 aromatic heterocycles. The summed E-state index contributed by atoms with van der Waals surface area (Å²) in [6.07, 6.45) is 0.926. The highest BCUT2D eigenvalue weighted by Crippen LogP contribution is 2.20. The molecule has 1 N–H and O–H groups in total. The van der Waals surface area contributed by atoms with Crippen molar-refractivity contribution in [2.45, 2.75) is 31.8 Å². The van der Waals surface area contributed by atoms with Crippen LogP contribution in [0.5, 0.6) is 0 Å². The van der Waals surface area contributed by atoms with Gasteiger partial charge < -0.3 is 10.0 Å². The predicted molar refractivity (Wildman–Crippen MR) is 77.7 cm³/mol. The quantitative estimate of drug-likeness (QED) is 0.738. The van der Waals surface area contributed by atoms with E-state index in [0.717, 1.165) is 30.2 Å². The summed E-state index contributed by atoms with van der Waals surface area (Å²) in [7, 11) is 4.03. The smallest absolute Gasteiger partial charge is 0.313 e. The highest BCUT2D eigenvalue weighted by atomic mass is 32.2. The van der Waals surface area contributed by atoms with E-state index in [-0.39, 0.29) is 5.75 Å². The molecule has 0 amide bonds. The van der Waals surface area contributed by atoms with Crippen molar-refractivity contribution in [3.05, 3.63) is 11.8 Å². The van der Waals surface area contributed by atoms with Crippen LogP contribution in [0.15, 0.2) is 11.1 Å². The lowest BCUT2D eigenvalue weighted by molar-refractivity contribution is -0.133. The van der Waals surface area contributed by atoms with E-state index in [2.05, 4.69) is 23.8 Å². The molecule has 0 atom stereocenters. The summed E-state index contributed by atoms with van der Waals surface area (Å²) in [4.78, 5) is 12.8. The molecule has 0 saturated heterocycles. The maximum atomic E-state index is 10.7. The van der Waals surface area contributed by atoms with E-state index in [1.165, 1.54) is 11.8 Å². The number of likely N-dealkylation sites (N-methyl/N-ethyl adjacent to an activating group) is 1. The zero-order valence-corrected chi connectivity index (χ0v) is 12.9. The van der Waals surface area contributed by atoms with Crippen molar-refractivity contribution in [1.29, 1.82) is 0 Å². The van der Waals surface area contributed by atoms with Crippen LogP contribution in [-0.4, -0.2) is 52.1 Å². The van der Waals surface area contributed by atoms with E-state index in [4.69, 9.17) is 5.11 Å². The molecule has 6 heteroatoms. The molecule has 108 valence electrons. The van der Waals surface area contributed by atoms with Gasteiger partial charge in [0.2, 0.25) is 0 Å². The van der Waals surface area contributed by atoms with Crippen molar-refractivity contribution in [1.82, 2.24) is 14.7 Å². The number of hydrogen-bond donors (Lipinski definition) is 1. The number of thioether (sulfide) groups is 1. The van der Waals surface area contributed by atoms with Crippen LogP contribution in [-0.2, 0) is 17.8 Å². The highest BCUT2D eigenvalue weighted by molar-refractivity contribution is 7.99. The fourth-order valence-corrected chi connectivity index (χ4v) is 2.45. The van der Waals surface area contributed by atoms with Gasteiger partial charge in [0.05, 0.1) is 23.0 Å². The van der Waals surface area contributed by atoms with Crippen LogP contribution >= 0.6 is 11.8 Å². The Kier molecular flexibility index (Phi) is 6.37. The molecule has 0 unspecified atom stereocenters. The zero-order chi connectivity index (χ0) is 14.4. The van der Waals surface area contributed by atoms with Gasteiger partial charge in [-0.1, -0.05) is 25.6 Å². The minimum absolute atomic E-state index is 0.0782. The second kappa shape index (κ2) is 7.55. The number of carbonyl (C=O) groups is 1. The summed E-state index contributed by atoms with van der Waals surface area (Å²) in [6.45, 7) is 5.99. The first-order valence-corrected chi connectivity index (χ1v) is 7.43. The average Bonchev–Trinajstić information content (AvgIpc) is 2.65. The number of rotatable bonds is 8. The van der Waals surface area contributed by atoms with Gasteiger partial charge >= 0.3 is 5.97 Å². The molecule has 0 aliphatic heterocycles. The van der Waals surface area contributed by atoms with Crippen molar-refractivity contribution >= 4 is 17.7 Å². The molecular formula is C13H23N3O2S. The number of aliphatic carboxylic acids is 1. The molecule has 0 aliphatic carbocycles. The lowest BCUT2D eigenvalue weighted by Gasteiger charge is -2.11. The highest BCUT2D eigenvalue weighted by Gasteiger charge is 2.11. The molecule has 0 spiro atoms. The van der Waals surface area contributed by atoms with E-state index in [1.807, 2.05) is 24.8 Å². The van der Waals surface area contributed by atoms with Crippen molar-refractivity contribution in [2.24, 2.45) is 5.92 Å². The number of nitrogens with zero attached hydrogens (tertiary/aromatic N) is 3. The summed E-state index contributed by atoms with van der Waals surface area (Å²) in [5, 5.41) is 14.3. The third kappa shape index (κ3) is 6.11. The van der Waals surface area contributed by atoms with Gasteiger partial charge in [0.25, 0.3) is 0 Å². The Hall–Kier alpha value is -1.01. The normalized spacial score (nSPS) is 11.5. The molecule has 0 aliphatic rings. The Morgan fingerprint density at radius 2 is 2.21 bits per heavy atom. The Bertz CT molecular complexity index is 416. The fourth-order valence-electron chi connectivity index (χ4n) is 1.68. The summed E-state index contributed by atoms with van der Waals surface area (Å²) in [5.41, 5.74) is 1.04. The number of carboxylic acids is 1. The standard InChI is InChI=1S/C13H23N3O2S/c1-10(2)7-11-8-12(19-9-13(17)18)16(14-11)6-5-15(3)4/h8,10H,5-7,9H2,1-4H3,(H,17,18). The molecule has 1 aromatic rings. The number of carboxylic acid groups (broad SMARTS) is 1. The number of aromatic nitrogens is 2. The van der Waals surface area contributed by atoms with Crippen LogP contribution in [0.3, 0.4) is 0 Å². The molecule has 0 radical (unpaired) electrons. The van der Waals surface area contributed by atoms with Crippen LogP contribution in [0.1, 0.15) is 19.5 Å². The van der Waals surface area contributed by atoms with Gasteiger partial charge in [0.15, 0.2) is 0 Å². The van der Waals surface area contributed by atoms with Gasteiger partial charge in [0, 0.05) is 6.54 Å². The Morgan fingerprint density at radius 1 is 1.53 bits per heavy atom. The molecule has 0 saturated carbocycles. The summed E-state index contributed by atoms with van der Waals surface area (Å²) < 4.78 is 1.92. The summed E-state index contributed by atoms with van der Waals surface area (Å²) >= 11 is 1.34. The average molecular weight is 285 g/mol. The molecule has 0 fully saturated rings. The van der Waals surface area contributed by atoms with E-state index in [1.54, 1.807) is 0 Å². The van der Waals surface area contributed by atoms with Crippen molar-refractivity contribution in [3.63, 3.8) is 0 Å². The van der Waals surface area contributed by atoms with Crippen molar-refractivity contribution in [3.8, 4) is 0 Å². The Balaban J connectivity index is 2.77. The SMILES string of the molecule is CC(C)Cc1cc(SCC(=O)O)n(CCN(C)C)n1. The van der Waals surface area contributed by atoms with E-state index < -0.39 is 5.97 Å². The maximum absolute atomic E-state index is 10.7. The third-order valence-electron chi connectivity index (χ3n) is 2.51. The van der Waals surface area contributed by atoms with Crippen molar-refractivity contribution in [2.75, 3.05) is 26.4 Å². The number of hydrogen-bond acceptors (Lipinski definition) is 4. The zero-order valence-electron chi connectivity index (χ0n) is 12.1. The fraction of sp³-hybridized carbons (Fsp3) is 0.692. The van der Waals surface area contributed by atoms with Gasteiger partial charge in [0.1, 0.15) is 0 Å². The molecule has 1 rings (SSSR count). The molecular weight excluding hydrogens is 262 g/mol. The summed E-state index contributed by atoms with van der Waals surface area (Å²) in [6, 6.07) is 2.02. The van der Waals surface area contributed by atoms with E-state index in [0.29, 0.717) is 5.92 Å². The predicted octanol–water partition coefficient (Wildman–Crippen LogP) is 1.82. The third-order valence-corrected chi connectivity index (χ3v) is 3.53. The van der Waals surface area contributed by atoms with Crippen LogP contribution < -0.4 is 0 Å². The van der Waals surface area contributed by atoms with Gasteiger partial charge in [-0.05, 0) is 32.5 Å². The molecule has 5 nitrogen and oxygen atoms in total. The maximum Gasteiger partial charge on any atom is 0.313 e. The molecule has 0 aromatic carbocycles. The van der Waals surface area contributed by atoms with Gasteiger partial charge in [-0.3, -0.25) is 9.48 Å². The molecule has 19 heavy (non-hydrogen) atoms. The lowest BCUT2D eigenvalue weighted by Crippen LogP contribution is -2.19. The minimum Gasteiger partial charge on any atom is -0.481 e. The van der Waals surface area contributed by atoms with Crippen LogP contribution in [0, 0.1) is 5.92 Å². The van der Waals surface area contributed by atoms with Crippen LogP contribution in [0.25, 0.3) is 0 Å². The molecule has 1 heterocycles. The summed E-state index contributed by atoms with van der Waals surface area (Å²) in [5.74, 6) is -0.167. The van der Waals surface area contributed by atoms with Crippen molar-refractivity contribution < 1.29 is 9.90 Å². The second-order valence-electron chi connectivity index (χ2n) is 5.28. The first kappa shape index (κ1) is 16.0. The first-order chi connectivity index (χ1) is 8.88. The van der Waals surface area contributed by atoms with E-state index >= 15 is 0 Å². The molecule has 0 bridgehead atoms. The topological polar surface area (TPSA) is 58.4 Å². The van der Waals surface area contributed by atoms with Gasteiger partial charge in [-0.15, -0.1) is 0 Å². The Labute approximate surface area is 119 Å². The van der Waals surface area contributed by atoms with Gasteiger partial charge in [-0.2, -0.15) is 5.10 Å². The largest absolute Gasteiger partial charge is 0.481 e. The van der Waals surface area contributed by atoms with Crippen LogP contribution in [0.2, 0.25) is 0 Å². The monoisotopic (exact) mass is 285 g/mol. The van der Waals surface area contributed by atoms with Gasteiger partial charge in [-0.25, -0.2) is 0 Å². The van der Waals surface area contributed by atoms with E-state index in [9.17, 15) is 4.79 Å². The second-order valence-corrected chi connectivity index (χ2v) is 6.28. The Morgan fingerprint density at radius 3 is 2.74 bits per heavy atom. The van der Waals surface area contributed by atoms with Crippen LogP contribution in [0.4, 0.5) is 0 Å². The first-order valence-electron chi connectivity index (χ1n) is 6.44. The minimum atomic E-state index is -0.796. The lowest BCUT2D eigenvalue weighted by atomic mass is 10.1.